The third-order valence-electron chi connectivity index (χ3n) is 3.70. The number of amides is 1. The van der Waals surface area contributed by atoms with Gasteiger partial charge in [-0.1, -0.05) is 0 Å². The van der Waals surface area contributed by atoms with Crippen LogP contribution in [0.1, 0.15) is 44.9 Å². The first-order valence-electron chi connectivity index (χ1n) is 6.35. The summed E-state index contributed by atoms with van der Waals surface area (Å²) in [6, 6.07) is 0. The zero-order chi connectivity index (χ0) is 11.4. The van der Waals surface area contributed by atoms with Crippen molar-refractivity contribution in [2.24, 2.45) is 5.73 Å². The summed E-state index contributed by atoms with van der Waals surface area (Å²) >= 11 is 0. The van der Waals surface area contributed by atoms with Crippen LogP contribution in [0, 0.1) is 0 Å². The van der Waals surface area contributed by atoms with Crippen LogP contribution in [-0.2, 0) is 9.53 Å². The van der Waals surface area contributed by atoms with Crippen molar-refractivity contribution >= 4 is 5.91 Å². The van der Waals surface area contributed by atoms with Crippen LogP contribution >= 0.6 is 0 Å². The second-order valence-corrected chi connectivity index (χ2v) is 5.17. The average Bonchev–Trinajstić information content (AvgIpc) is 2.73. The van der Waals surface area contributed by atoms with Crippen molar-refractivity contribution in [3.8, 4) is 0 Å². The Kier molecular flexibility index (Phi) is 3.82. The molecular formula is C12H22N2O2. The SMILES string of the molecule is NC1(CNC(=O)CCC2CCCO2)CCC1. The Balaban J connectivity index is 1.57. The summed E-state index contributed by atoms with van der Waals surface area (Å²) in [5, 5.41) is 2.93. The van der Waals surface area contributed by atoms with Crippen LogP contribution in [-0.4, -0.2) is 30.7 Å². The molecule has 1 saturated heterocycles. The fourth-order valence-corrected chi connectivity index (χ4v) is 2.33. The summed E-state index contributed by atoms with van der Waals surface area (Å²) in [7, 11) is 0. The molecule has 1 aliphatic heterocycles. The van der Waals surface area contributed by atoms with Crippen LogP contribution in [0.4, 0.5) is 0 Å². The zero-order valence-corrected chi connectivity index (χ0v) is 9.84. The van der Waals surface area contributed by atoms with E-state index in [4.69, 9.17) is 10.5 Å². The Labute approximate surface area is 96.9 Å². The van der Waals surface area contributed by atoms with Gasteiger partial charge in [0.05, 0.1) is 6.10 Å². The third kappa shape index (κ3) is 3.19. The van der Waals surface area contributed by atoms with Crippen molar-refractivity contribution in [3.05, 3.63) is 0 Å². The lowest BCUT2D eigenvalue weighted by atomic mass is 9.78. The Morgan fingerprint density at radius 1 is 1.44 bits per heavy atom. The zero-order valence-electron chi connectivity index (χ0n) is 9.84. The molecule has 2 aliphatic rings. The highest BCUT2D eigenvalue weighted by Crippen LogP contribution is 2.28. The molecular weight excluding hydrogens is 204 g/mol. The first kappa shape index (κ1) is 11.9. The van der Waals surface area contributed by atoms with E-state index in [0.717, 1.165) is 38.7 Å². The van der Waals surface area contributed by atoms with Crippen LogP contribution in [0.5, 0.6) is 0 Å². The average molecular weight is 226 g/mol. The molecule has 2 rings (SSSR count). The van der Waals surface area contributed by atoms with Crippen molar-refractivity contribution in [1.82, 2.24) is 5.32 Å². The summed E-state index contributed by atoms with van der Waals surface area (Å²) in [5.74, 6) is 0.118. The van der Waals surface area contributed by atoms with Gasteiger partial charge in [-0.05, 0) is 38.5 Å². The standard InChI is InChI=1S/C12H22N2O2/c13-12(6-2-7-12)9-14-11(15)5-4-10-3-1-8-16-10/h10H,1-9,13H2,(H,14,15). The van der Waals surface area contributed by atoms with Gasteiger partial charge in [0.15, 0.2) is 0 Å². The second-order valence-electron chi connectivity index (χ2n) is 5.17. The van der Waals surface area contributed by atoms with Gasteiger partial charge < -0.3 is 15.8 Å². The molecule has 0 bridgehead atoms. The van der Waals surface area contributed by atoms with E-state index in [2.05, 4.69) is 5.32 Å². The minimum Gasteiger partial charge on any atom is -0.378 e. The number of carbonyl (C=O) groups excluding carboxylic acids is 1. The number of ether oxygens (including phenoxy) is 1. The molecule has 1 amide bonds. The van der Waals surface area contributed by atoms with Crippen molar-refractivity contribution in [2.45, 2.75) is 56.6 Å². The summed E-state index contributed by atoms with van der Waals surface area (Å²) in [5.41, 5.74) is 5.92. The monoisotopic (exact) mass is 226 g/mol. The Morgan fingerprint density at radius 3 is 2.81 bits per heavy atom. The van der Waals surface area contributed by atoms with Crippen LogP contribution in [0.2, 0.25) is 0 Å². The fraction of sp³-hybridized carbons (Fsp3) is 0.917. The van der Waals surface area contributed by atoms with Gasteiger partial charge in [0.25, 0.3) is 0 Å². The van der Waals surface area contributed by atoms with Crippen LogP contribution < -0.4 is 11.1 Å². The largest absolute Gasteiger partial charge is 0.378 e. The van der Waals surface area contributed by atoms with E-state index in [1.54, 1.807) is 0 Å². The lowest BCUT2D eigenvalue weighted by Gasteiger charge is -2.38. The van der Waals surface area contributed by atoms with Gasteiger partial charge in [0, 0.05) is 25.1 Å². The molecule has 4 nitrogen and oxygen atoms in total. The van der Waals surface area contributed by atoms with Gasteiger partial charge >= 0.3 is 0 Å². The lowest BCUT2D eigenvalue weighted by Crippen LogP contribution is -2.54. The molecule has 0 aromatic carbocycles. The Morgan fingerprint density at radius 2 is 2.25 bits per heavy atom. The van der Waals surface area contributed by atoms with Gasteiger partial charge in [0.2, 0.25) is 5.91 Å². The maximum atomic E-state index is 11.6. The molecule has 1 heterocycles. The van der Waals surface area contributed by atoms with Gasteiger partial charge in [-0.15, -0.1) is 0 Å². The predicted molar refractivity (Wildman–Crippen MR) is 62.0 cm³/mol. The highest BCUT2D eigenvalue weighted by atomic mass is 16.5. The molecule has 2 fully saturated rings. The van der Waals surface area contributed by atoms with E-state index in [-0.39, 0.29) is 11.4 Å². The molecule has 1 aliphatic carbocycles. The molecule has 0 radical (unpaired) electrons. The van der Waals surface area contributed by atoms with Crippen molar-refractivity contribution in [3.63, 3.8) is 0 Å². The normalized spacial score (nSPS) is 27.4. The van der Waals surface area contributed by atoms with Crippen LogP contribution in [0.25, 0.3) is 0 Å². The van der Waals surface area contributed by atoms with E-state index >= 15 is 0 Å². The molecule has 1 saturated carbocycles. The van der Waals surface area contributed by atoms with Gasteiger partial charge in [-0.2, -0.15) is 0 Å². The molecule has 16 heavy (non-hydrogen) atoms. The number of rotatable bonds is 5. The summed E-state index contributed by atoms with van der Waals surface area (Å²) in [6.45, 7) is 1.50. The van der Waals surface area contributed by atoms with Crippen molar-refractivity contribution in [1.29, 1.82) is 0 Å². The minimum absolute atomic E-state index is 0.112. The van der Waals surface area contributed by atoms with Gasteiger partial charge in [0.1, 0.15) is 0 Å². The van der Waals surface area contributed by atoms with Crippen molar-refractivity contribution in [2.75, 3.05) is 13.2 Å². The van der Waals surface area contributed by atoms with E-state index < -0.39 is 0 Å². The highest BCUT2D eigenvalue weighted by Gasteiger charge is 2.32. The van der Waals surface area contributed by atoms with Crippen molar-refractivity contribution < 1.29 is 9.53 Å². The number of nitrogens with two attached hydrogens (primary N) is 1. The third-order valence-corrected chi connectivity index (χ3v) is 3.70. The summed E-state index contributed by atoms with van der Waals surface area (Å²) < 4.78 is 5.48. The maximum Gasteiger partial charge on any atom is 0.220 e. The molecule has 0 aromatic rings. The van der Waals surface area contributed by atoms with E-state index in [0.29, 0.717) is 19.1 Å². The van der Waals surface area contributed by atoms with E-state index in [1.807, 2.05) is 0 Å². The molecule has 3 N–H and O–H groups in total. The molecule has 1 unspecified atom stereocenters. The fourth-order valence-electron chi connectivity index (χ4n) is 2.33. The minimum atomic E-state index is -0.112. The van der Waals surface area contributed by atoms with Crippen LogP contribution in [0.3, 0.4) is 0 Å². The molecule has 0 aromatic heterocycles. The first-order chi connectivity index (χ1) is 7.68. The number of hydrogen-bond acceptors (Lipinski definition) is 3. The predicted octanol–water partition coefficient (Wildman–Crippen LogP) is 0.943. The highest BCUT2D eigenvalue weighted by molar-refractivity contribution is 5.76. The summed E-state index contributed by atoms with van der Waals surface area (Å²) in [6.07, 6.45) is 7.25. The molecule has 1 atom stereocenters. The molecule has 4 heteroatoms. The Hall–Kier alpha value is -0.610. The smallest absolute Gasteiger partial charge is 0.220 e. The lowest BCUT2D eigenvalue weighted by molar-refractivity contribution is -0.122. The topological polar surface area (TPSA) is 64.3 Å². The second kappa shape index (κ2) is 5.15. The van der Waals surface area contributed by atoms with E-state index in [1.165, 1.54) is 6.42 Å². The molecule has 92 valence electrons. The maximum absolute atomic E-state index is 11.6. The van der Waals surface area contributed by atoms with E-state index in [9.17, 15) is 4.79 Å². The van der Waals surface area contributed by atoms with Crippen LogP contribution in [0.15, 0.2) is 0 Å². The first-order valence-corrected chi connectivity index (χ1v) is 6.35. The van der Waals surface area contributed by atoms with Gasteiger partial charge in [-0.3, -0.25) is 4.79 Å². The number of hydrogen-bond donors (Lipinski definition) is 2. The number of nitrogens with one attached hydrogen (secondary N) is 1. The summed E-state index contributed by atoms with van der Waals surface area (Å²) in [4.78, 5) is 11.6. The Bertz CT molecular complexity index is 245. The molecule has 0 spiro atoms. The number of carbonyl (C=O) groups is 1. The van der Waals surface area contributed by atoms with Gasteiger partial charge in [-0.25, -0.2) is 0 Å². The quantitative estimate of drug-likeness (QED) is 0.733.